The maximum Gasteiger partial charge on any atom is 0.226 e. The van der Waals surface area contributed by atoms with Crippen molar-refractivity contribution in [3.63, 3.8) is 0 Å². The Morgan fingerprint density at radius 1 is 1.22 bits per heavy atom. The van der Waals surface area contributed by atoms with Crippen molar-refractivity contribution in [2.75, 3.05) is 24.8 Å². The standard InChI is InChI=1S/C20H22N2O3S2/c1-3-25-16-6-4-7-17-19(16)22-20(27-17)21-18(23)8-5-13-26-15-11-9-14(24-2)10-12-15/h4,6-7,9-12H,3,5,8,13H2,1-2H3,(H,21,22,23). The van der Waals surface area contributed by atoms with Crippen LogP contribution in [0.1, 0.15) is 19.8 Å². The second kappa shape index (κ2) is 9.62. The number of carbonyl (C=O) groups excluding carboxylic acids is 1. The van der Waals surface area contributed by atoms with E-state index >= 15 is 0 Å². The number of amides is 1. The lowest BCUT2D eigenvalue weighted by molar-refractivity contribution is -0.116. The van der Waals surface area contributed by atoms with Crippen molar-refractivity contribution in [2.45, 2.75) is 24.7 Å². The van der Waals surface area contributed by atoms with E-state index in [0.29, 0.717) is 18.2 Å². The number of nitrogens with zero attached hydrogens (tertiary/aromatic N) is 1. The highest BCUT2D eigenvalue weighted by molar-refractivity contribution is 7.99. The van der Waals surface area contributed by atoms with Crippen molar-refractivity contribution in [3.05, 3.63) is 42.5 Å². The summed E-state index contributed by atoms with van der Waals surface area (Å²) in [6, 6.07) is 13.8. The van der Waals surface area contributed by atoms with E-state index in [1.54, 1.807) is 18.9 Å². The van der Waals surface area contributed by atoms with E-state index in [9.17, 15) is 4.79 Å². The third kappa shape index (κ3) is 5.37. The van der Waals surface area contributed by atoms with Crippen LogP contribution in [-0.2, 0) is 4.79 Å². The number of hydrogen-bond acceptors (Lipinski definition) is 6. The van der Waals surface area contributed by atoms with E-state index in [0.717, 1.165) is 33.9 Å². The van der Waals surface area contributed by atoms with Crippen LogP contribution in [0.3, 0.4) is 0 Å². The molecule has 27 heavy (non-hydrogen) atoms. The molecule has 2 aromatic carbocycles. The van der Waals surface area contributed by atoms with Gasteiger partial charge in [-0.25, -0.2) is 4.98 Å². The highest BCUT2D eigenvalue weighted by atomic mass is 32.2. The lowest BCUT2D eigenvalue weighted by Crippen LogP contribution is -2.11. The Bertz CT molecular complexity index is 894. The van der Waals surface area contributed by atoms with Gasteiger partial charge in [-0.15, -0.1) is 11.8 Å². The Hall–Kier alpha value is -2.25. The highest BCUT2D eigenvalue weighted by Gasteiger charge is 2.11. The number of thiazole rings is 1. The Balaban J connectivity index is 1.47. The van der Waals surface area contributed by atoms with E-state index in [4.69, 9.17) is 9.47 Å². The van der Waals surface area contributed by atoms with Gasteiger partial charge in [0.25, 0.3) is 0 Å². The van der Waals surface area contributed by atoms with Crippen molar-refractivity contribution >= 4 is 44.4 Å². The molecule has 142 valence electrons. The van der Waals surface area contributed by atoms with Crippen molar-refractivity contribution in [1.29, 1.82) is 0 Å². The van der Waals surface area contributed by atoms with Gasteiger partial charge in [-0.05, 0) is 55.5 Å². The number of rotatable bonds is 9. The topological polar surface area (TPSA) is 60.5 Å². The molecule has 0 radical (unpaired) electrons. The molecule has 3 rings (SSSR count). The number of fused-ring (bicyclic) bond motifs is 1. The Kier molecular flexibility index (Phi) is 6.95. The van der Waals surface area contributed by atoms with Gasteiger partial charge in [0.2, 0.25) is 5.91 Å². The molecule has 0 aliphatic heterocycles. The van der Waals surface area contributed by atoms with Gasteiger partial charge in [0.15, 0.2) is 5.13 Å². The van der Waals surface area contributed by atoms with Gasteiger partial charge >= 0.3 is 0 Å². The summed E-state index contributed by atoms with van der Waals surface area (Å²) in [6.45, 7) is 2.53. The molecule has 1 N–H and O–H groups in total. The maximum atomic E-state index is 12.2. The lowest BCUT2D eigenvalue weighted by Gasteiger charge is -2.04. The minimum absolute atomic E-state index is 0.0117. The van der Waals surface area contributed by atoms with Crippen molar-refractivity contribution in [1.82, 2.24) is 4.98 Å². The number of aromatic nitrogens is 1. The van der Waals surface area contributed by atoms with Gasteiger partial charge in [0, 0.05) is 11.3 Å². The Labute approximate surface area is 167 Å². The zero-order valence-corrected chi connectivity index (χ0v) is 17.0. The summed E-state index contributed by atoms with van der Waals surface area (Å²) in [4.78, 5) is 17.9. The van der Waals surface area contributed by atoms with E-state index < -0.39 is 0 Å². The molecule has 1 heterocycles. The number of thioether (sulfide) groups is 1. The van der Waals surface area contributed by atoms with Gasteiger partial charge in [-0.1, -0.05) is 17.4 Å². The van der Waals surface area contributed by atoms with Crippen LogP contribution < -0.4 is 14.8 Å². The number of carbonyl (C=O) groups is 1. The molecule has 5 nitrogen and oxygen atoms in total. The van der Waals surface area contributed by atoms with Gasteiger partial charge in [0.1, 0.15) is 17.0 Å². The van der Waals surface area contributed by atoms with Crippen LogP contribution in [0, 0.1) is 0 Å². The fraction of sp³-hybridized carbons (Fsp3) is 0.300. The van der Waals surface area contributed by atoms with Gasteiger partial charge in [-0.2, -0.15) is 0 Å². The number of benzene rings is 2. The second-order valence-corrected chi connectivity index (χ2v) is 7.93. The van der Waals surface area contributed by atoms with Crippen LogP contribution in [-0.4, -0.2) is 30.4 Å². The predicted molar refractivity (Wildman–Crippen MR) is 112 cm³/mol. The predicted octanol–water partition coefficient (Wildman–Crippen LogP) is 5.21. The molecule has 1 amide bonds. The monoisotopic (exact) mass is 402 g/mol. The first-order valence-electron chi connectivity index (χ1n) is 8.78. The smallest absolute Gasteiger partial charge is 0.226 e. The van der Waals surface area contributed by atoms with Gasteiger partial charge in [-0.3, -0.25) is 4.79 Å². The third-order valence-electron chi connectivity index (χ3n) is 3.80. The minimum atomic E-state index is -0.0117. The fourth-order valence-corrected chi connectivity index (χ4v) is 4.28. The summed E-state index contributed by atoms with van der Waals surface area (Å²) in [7, 11) is 1.66. The Morgan fingerprint density at radius 3 is 2.78 bits per heavy atom. The summed E-state index contributed by atoms with van der Waals surface area (Å²) >= 11 is 3.20. The molecule has 0 fully saturated rings. The van der Waals surface area contributed by atoms with Crippen LogP contribution in [0.4, 0.5) is 5.13 Å². The summed E-state index contributed by atoms with van der Waals surface area (Å²) in [5.74, 6) is 2.47. The number of ether oxygens (including phenoxy) is 2. The molecular formula is C20H22N2O3S2. The molecule has 1 aromatic heterocycles. The SMILES string of the molecule is CCOc1cccc2sc(NC(=O)CCCSc3ccc(OC)cc3)nc12. The summed E-state index contributed by atoms with van der Waals surface area (Å²) in [6.07, 6.45) is 1.27. The normalized spacial score (nSPS) is 10.7. The quantitative estimate of drug-likeness (QED) is 0.393. The van der Waals surface area contributed by atoms with E-state index in [2.05, 4.69) is 10.3 Å². The first-order chi connectivity index (χ1) is 13.2. The molecule has 0 spiro atoms. The van der Waals surface area contributed by atoms with Gasteiger partial charge < -0.3 is 14.8 Å². The van der Waals surface area contributed by atoms with Crippen LogP contribution in [0.5, 0.6) is 11.5 Å². The first-order valence-corrected chi connectivity index (χ1v) is 10.6. The number of hydrogen-bond donors (Lipinski definition) is 1. The van der Waals surface area contributed by atoms with Crippen LogP contribution >= 0.6 is 23.1 Å². The second-order valence-electron chi connectivity index (χ2n) is 5.73. The number of nitrogens with one attached hydrogen (secondary N) is 1. The molecule has 0 saturated carbocycles. The number of methoxy groups -OCH3 is 1. The third-order valence-corrected chi connectivity index (χ3v) is 5.84. The molecule has 0 atom stereocenters. The van der Waals surface area contributed by atoms with E-state index in [-0.39, 0.29) is 5.91 Å². The Morgan fingerprint density at radius 2 is 2.04 bits per heavy atom. The van der Waals surface area contributed by atoms with Crippen LogP contribution in [0.25, 0.3) is 10.2 Å². The molecule has 3 aromatic rings. The lowest BCUT2D eigenvalue weighted by atomic mass is 10.3. The zero-order valence-electron chi connectivity index (χ0n) is 15.4. The molecule has 0 saturated heterocycles. The highest BCUT2D eigenvalue weighted by Crippen LogP contribution is 2.32. The number of para-hydroxylation sites is 1. The van der Waals surface area contributed by atoms with Crippen LogP contribution in [0.15, 0.2) is 47.4 Å². The molecule has 7 heteroatoms. The maximum absolute atomic E-state index is 12.2. The minimum Gasteiger partial charge on any atom is -0.497 e. The van der Waals surface area contributed by atoms with Gasteiger partial charge in [0.05, 0.1) is 18.4 Å². The van der Waals surface area contributed by atoms with Crippen molar-refractivity contribution in [2.24, 2.45) is 0 Å². The molecular weight excluding hydrogens is 380 g/mol. The molecule has 0 bridgehead atoms. The molecule has 0 aliphatic rings. The average Bonchev–Trinajstić information content (AvgIpc) is 3.09. The zero-order chi connectivity index (χ0) is 19.1. The van der Waals surface area contributed by atoms with E-state index in [1.165, 1.54) is 16.2 Å². The van der Waals surface area contributed by atoms with Crippen molar-refractivity contribution < 1.29 is 14.3 Å². The first kappa shape index (κ1) is 19.5. The largest absolute Gasteiger partial charge is 0.497 e. The summed E-state index contributed by atoms with van der Waals surface area (Å²) < 4.78 is 11.8. The summed E-state index contributed by atoms with van der Waals surface area (Å²) in [5.41, 5.74) is 0.801. The van der Waals surface area contributed by atoms with Crippen molar-refractivity contribution in [3.8, 4) is 11.5 Å². The molecule has 0 unspecified atom stereocenters. The molecule has 0 aliphatic carbocycles. The van der Waals surface area contributed by atoms with E-state index in [1.807, 2.05) is 49.4 Å². The fourth-order valence-electron chi connectivity index (χ4n) is 2.53. The summed E-state index contributed by atoms with van der Waals surface area (Å²) in [5, 5.41) is 3.52. The number of anilines is 1. The average molecular weight is 403 g/mol. The van der Waals surface area contributed by atoms with Crippen LogP contribution in [0.2, 0.25) is 0 Å².